The van der Waals surface area contributed by atoms with Crippen LogP contribution < -0.4 is 0 Å². The van der Waals surface area contributed by atoms with Crippen molar-refractivity contribution in [2.24, 2.45) is 0 Å². The van der Waals surface area contributed by atoms with Gasteiger partial charge in [0.2, 0.25) is 0 Å². The molecule has 1 N–H and O–H groups in total. The first-order valence-electron chi connectivity index (χ1n) is 10.1. The maximum atomic E-state index is 13.6. The van der Waals surface area contributed by atoms with Crippen molar-refractivity contribution in [2.45, 2.75) is 12.8 Å². The van der Waals surface area contributed by atoms with Crippen molar-refractivity contribution in [2.75, 3.05) is 20.6 Å². The van der Waals surface area contributed by atoms with E-state index in [1.165, 1.54) is 5.56 Å². The first kappa shape index (κ1) is 20.3. The Morgan fingerprint density at radius 3 is 2.40 bits per heavy atom. The van der Waals surface area contributed by atoms with Crippen LogP contribution in [0.3, 0.4) is 0 Å². The molecule has 3 nitrogen and oxygen atoms in total. The Balaban J connectivity index is 1.70. The zero-order valence-corrected chi connectivity index (χ0v) is 18.1. The molecule has 152 valence electrons. The standard InChI is InChI=1S/C26H25NO2S/c1-27(2)16-6-7-18-10-12-19(13-11-18)25(29)24-22-15-14-21(28)17-23(22)30-26(24)20-8-4-3-5-9-20/h3-5,8-15,17,28H,6-7,16H2,1-2H3. The molecule has 4 heteroatoms. The van der Waals surface area contributed by atoms with Gasteiger partial charge in [-0.05, 0) is 62.8 Å². The summed E-state index contributed by atoms with van der Waals surface area (Å²) >= 11 is 1.55. The molecule has 1 aromatic heterocycles. The highest BCUT2D eigenvalue weighted by atomic mass is 32.1. The first-order valence-corrected chi connectivity index (χ1v) is 10.9. The molecule has 3 aromatic carbocycles. The number of aryl methyl sites for hydroxylation is 1. The van der Waals surface area contributed by atoms with Crippen LogP contribution >= 0.6 is 11.3 Å². The molecule has 0 spiro atoms. The number of carbonyl (C=O) groups excluding carboxylic acids is 1. The minimum absolute atomic E-state index is 0.0191. The Morgan fingerprint density at radius 2 is 1.70 bits per heavy atom. The number of benzene rings is 3. The van der Waals surface area contributed by atoms with E-state index in [2.05, 4.69) is 31.1 Å². The van der Waals surface area contributed by atoms with E-state index in [1.54, 1.807) is 23.5 Å². The van der Waals surface area contributed by atoms with Gasteiger partial charge in [-0.25, -0.2) is 0 Å². The van der Waals surface area contributed by atoms with Crippen molar-refractivity contribution in [3.05, 3.63) is 89.5 Å². The topological polar surface area (TPSA) is 40.5 Å². The van der Waals surface area contributed by atoms with Gasteiger partial charge in [-0.2, -0.15) is 0 Å². The van der Waals surface area contributed by atoms with Crippen molar-refractivity contribution in [3.63, 3.8) is 0 Å². The summed E-state index contributed by atoms with van der Waals surface area (Å²) in [4.78, 5) is 16.7. The normalized spacial score (nSPS) is 11.3. The lowest BCUT2D eigenvalue weighted by molar-refractivity contribution is 0.104. The molecule has 0 bridgehead atoms. The molecule has 0 saturated carbocycles. The van der Waals surface area contributed by atoms with Crippen LogP contribution in [0.25, 0.3) is 20.5 Å². The summed E-state index contributed by atoms with van der Waals surface area (Å²) in [6, 6.07) is 23.2. The zero-order chi connectivity index (χ0) is 21.1. The molecule has 1 heterocycles. The molecule has 0 atom stereocenters. The lowest BCUT2D eigenvalue weighted by Gasteiger charge is -2.09. The van der Waals surface area contributed by atoms with E-state index >= 15 is 0 Å². The van der Waals surface area contributed by atoms with Crippen LogP contribution in [0.1, 0.15) is 27.9 Å². The summed E-state index contributed by atoms with van der Waals surface area (Å²) < 4.78 is 0.914. The highest BCUT2D eigenvalue weighted by molar-refractivity contribution is 7.22. The third-order valence-corrected chi connectivity index (χ3v) is 6.43. The highest BCUT2D eigenvalue weighted by Crippen LogP contribution is 2.41. The third-order valence-electron chi connectivity index (χ3n) is 5.22. The molecule has 4 rings (SSSR count). The number of carbonyl (C=O) groups is 1. The van der Waals surface area contributed by atoms with Gasteiger partial charge in [-0.15, -0.1) is 11.3 Å². The minimum Gasteiger partial charge on any atom is -0.508 e. The van der Waals surface area contributed by atoms with Crippen molar-refractivity contribution in [1.82, 2.24) is 4.90 Å². The number of ketones is 1. The number of fused-ring (bicyclic) bond motifs is 1. The molecule has 4 aromatic rings. The molecule has 0 aliphatic rings. The number of thiophene rings is 1. The molecular weight excluding hydrogens is 390 g/mol. The van der Waals surface area contributed by atoms with Crippen LogP contribution in [0.2, 0.25) is 0 Å². The smallest absolute Gasteiger partial charge is 0.195 e. The van der Waals surface area contributed by atoms with Gasteiger partial charge in [0.1, 0.15) is 5.75 Å². The van der Waals surface area contributed by atoms with Crippen LogP contribution in [0.5, 0.6) is 5.75 Å². The van der Waals surface area contributed by atoms with Crippen LogP contribution in [0, 0.1) is 0 Å². The van der Waals surface area contributed by atoms with Crippen LogP contribution in [-0.2, 0) is 6.42 Å². The number of phenols is 1. The zero-order valence-electron chi connectivity index (χ0n) is 17.3. The van der Waals surface area contributed by atoms with Gasteiger partial charge in [0.25, 0.3) is 0 Å². The number of phenolic OH excluding ortho intramolecular Hbond substituents is 1. The Morgan fingerprint density at radius 1 is 0.967 bits per heavy atom. The van der Waals surface area contributed by atoms with E-state index in [9.17, 15) is 9.90 Å². The van der Waals surface area contributed by atoms with E-state index in [0.29, 0.717) is 11.1 Å². The molecule has 0 aliphatic heterocycles. The van der Waals surface area contributed by atoms with Crippen LogP contribution in [0.15, 0.2) is 72.8 Å². The van der Waals surface area contributed by atoms with Gasteiger partial charge in [0.05, 0.1) is 0 Å². The summed E-state index contributed by atoms with van der Waals surface area (Å²) in [5, 5.41) is 10.8. The van der Waals surface area contributed by atoms with Crippen molar-refractivity contribution in [3.8, 4) is 16.2 Å². The van der Waals surface area contributed by atoms with Crippen molar-refractivity contribution in [1.29, 1.82) is 0 Å². The Bertz CT molecular complexity index is 1160. The second-order valence-electron chi connectivity index (χ2n) is 7.79. The molecular formula is C26H25NO2S. The maximum Gasteiger partial charge on any atom is 0.195 e. The van der Waals surface area contributed by atoms with Crippen LogP contribution in [0.4, 0.5) is 0 Å². The number of hydrogen-bond acceptors (Lipinski definition) is 4. The van der Waals surface area contributed by atoms with Gasteiger partial charge >= 0.3 is 0 Å². The Kier molecular flexibility index (Phi) is 5.98. The summed E-state index contributed by atoms with van der Waals surface area (Å²) in [5.41, 5.74) is 3.66. The van der Waals surface area contributed by atoms with Gasteiger partial charge in [-0.3, -0.25) is 4.79 Å². The minimum atomic E-state index is 0.0191. The molecule has 0 unspecified atom stereocenters. The fourth-order valence-electron chi connectivity index (χ4n) is 3.67. The maximum absolute atomic E-state index is 13.6. The predicted molar refractivity (Wildman–Crippen MR) is 126 cm³/mol. The molecule has 0 radical (unpaired) electrons. The monoisotopic (exact) mass is 415 g/mol. The largest absolute Gasteiger partial charge is 0.508 e. The fraction of sp³-hybridized carbons (Fsp3) is 0.192. The van der Waals surface area contributed by atoms with E-state index in [4.69, 9.17) is 0 Å². The molecule has 0 fully saturated rings. The second-order valence-corrected chi connectivity index (χ2v) is 8.84. The van der Waals surface area contributed by atoms with Gasteiger partial charge < -0.3 is 10.0 Å². The van der Waals surface area contributed by atoms with E-state index in [0.717, 1.165) is 39.9 Å². The fourth-order valence-corrected chi connectivity index (χ4v) is 4.91. The summed E-state index contributed by atoms with van der Waals surface area (Å²) in [6.45, 7) is 1.05. The predicted octanol–water partition coefficient (Wildman–Crippen LogP) is 6.00. The van der Waals surface area contributed by atoms with E-state index in [-0.39, 0.29) is 11.5 Å². The average molecular weight is 416 g/mol. The highest BCUT2D eigenvalue weighted by Gasteiger charge is 2.21. The van der Waals surface area contributed by atoms with Crippen molar-refractivity contribution < 1.29 is 9.90 Å². The van der Waals surface area contributed by atoms with E-state index < -0.39 is 0 Å². The van der Waals surface area contributed by atoms with Crippen molar-refractivity contribution >= 4 is 27.2 Å². The lowest BCUT2D eigenvalue weighted by atomic mass is 9.96. The second kappa shape index (κ2) is 8.82. The lowest BCUT2D eigenvalue weighted by Crippen LogP contribution is -2.13. The SMILES string of the molecule is CN(C)CCCc1ccc(C(=O)c2c(-c3ccccc3)sc3cc(O)ccc23)cc1. The Labute approximate surface area is 181 Å². The molecule has 0 aliphatic carbocycles. The van der Waals surface area contributed by atoms with Gasteiger partial charge in [0, 0.05) is 26.1 Å². The summed E-state index contributed by atoms with van der Waals surface area (Å²) in [7, 11) is 4.16. The number of nitrogens with zero attached hydrogens (tertiary/aromatic N) is 1. The molecule has 30 heavy (non-hydrogen) atoms. The number of hydrogen-bond donors (Lipinski definition) is 1. The van der Waals surface area contributed by atoms with Gasteiger partial charge in [0.15, 0.2) is 5.78 Å². The molecule has 0 amide bonds. The van der Waals surface area contributed by atoms with Gasteiger partial charge in [-0.1, -0.05) is 54.6 Å². The summed E-state index contributed by atoms with van der Waals surface area (Å²) in [5.74, 6) is 0.232. The third kappa shape index (κ3) is 4.30. The van der Waals surface area contributed by atoms with E-state index in [1.807, 2.05) is 48.5 Å². The Hall–Kier alpha value is -2.95. The summed E-state index contributed by atoms with van der Waals surface area (Å²) in [6.07, 6.45) is 2.10. The van der Waals surface area contributed by atoms with Crippen LogP contribution in [-0.4, -0.2) is 36.4 Å². The number of aromatic hydroxyl groups is 1. The quantitative estimate of drug-likeness (QED) is 0.376. The average Bonchev–Trinajstić information content (AvgIpc) is 3.12. The first-order chi connectivity index (χ1) is 14.5. The number of rotatable bonds is 7. The molecule has 0 saturated heterocycles.